The van der Waals surface area contributed by atoms with E-state index in [-0.39, 0.29) is 0 Å². The van der Waals surface area contributed by atoms with Crippen LogP contribution in [0.4, 0.5) is 5.69 Å². The van der Waals surface area contributed by atoms with Crippen molar-refractivity contribution >= 4 is 21.6 Å². The number of piperazine rings is 1. The fraction of sp³-hybridized carbons (Fsp3) is 0.294. The van der Waals surface area contributed by atoms with E-state index in [0.717, 1.165) is 19.6 Å². The molecule has 0 amide bonds. The highest BCUT2D eigenvalue weighted by Gasteiger charge is 2.23. The molecule has 0 spiro atoms. The summed E-state index contributed by atoms with van der Waals surface area (Å²) in [6.07, 6.45) is 0. The lowest BCUT2D eigenvalue weighted by Gasteiger charge is -2.38. The van der Waals surface area contributed by atoms with Gasteiger partial charge < -0.3 is 10.2 Å². The molecule has 1 aliphatic rings. The van der Waals surface area contributed by atoms with Crippen molar-refractivity contribution in [2.75, 3.05) is 24.5 Å². The Morgan fingerprint density at radius 1 is 1.15 bits per heavy atom. The molecule has 0 saturated carbocycles. The Labute approximate surface area is 128 Å². The monoisotopic (exact) mass is 330 g/mol. The van der Waals surface area contributed by atoms with Gasteiger partial charge in [0.05, 0.1) is 6.04 Å². The molecule has 3 heteroatoms. The third-order valence-corrected chi connectivity index (χ3v) is 4.79. The molecule has 1 fully saturated rings. The zero-order valence-corrected chi connectivity index (χ0v) is 13.2. The van der Waals surface area contributed by atoms with Crippen LogP contribution >= 0.6 is 15.9 Å². The molecule has 1 heterocycles. The lowest BCUT2D eigenvalue weighted by molar-refractivity contribution is 0.490. The van der Waals surface area contributed by atoms with Crippen LogP contribution in [-0.4, -0.2) is 19.6 Å². The summed E-state index contributed by atoms with van der Waals surface area (Å²) in [7, 11) is 0. The number of benzene rings is 2. The largest absolute Gasteiger partial charge is 0.362 e. The van der Waals surface area contributed by atoms with E-state index < -0.39 is 0 Å². The van der Waals surface area contributed by atoms with Gasteiger partial charge in [-0.2, -0.15) is 0 Å². The number of nitrogens with zero attached hydrogens (tertiary/aromatic N) is 1. The highest BCUT2D eigenvalue weighted by molar-refractivity contribution is 9.10. The maximum atomic E-state index is 3.58. The number of hydrogen-bond donors (Lipinski definition) is 1. The first-order valence-corrected chi connectivity index (χ1v) is 7.83. The zero-order valence-electron chi connectivity index (χ0n) is 11.6. The van der Waals surface area contributed by atoms with Gasteiger partial charge in [-0.15, -0.1) is 0 Å². The van der Waals surface area contributed by atoms with Crippen LogP contribution in [0.3, 0.4) is 0 Å². The molecule has 0 radical (unpaired) electrons. The average Bonchev–Trinajstić information content (AvgIpc) is 2.51. The van der Waals surface area contributed by atoms with Crippen molar-refractivity contribution in [3.8, 4) is 0 Å². The highest BCUT2D eigenvalue weighted by Crippen LogP contribution is 2.30. The number of aryl methyl sites for hydroxylation is 1. The lowest BCUT2D eigenvalue weighted by Crippen LogP contribution is -2.46. The van der Waals surface area contributed by atoms with E-state index in [9.17, 15) is 0 Å². The Morgan fingerprint density at radius 3 is 2.70 bits per heavy atom. The van der Waals surface area contributed by atoms with Gasteiger partial charge in [-0.05, 0) is 36.2 Å². The Morgan fingerprint density at radius 2 is 1.95 bits per heavy atom. The average molecular weight is 331 g/mol. The van der Waals surface area contributed by atoms with Gasteiger partial charge in [-0.1, -0.05) is 46.3 Å². The molecular formula is C17H19BrN2. The second-order valence-corrected chi connectivity index (χ2v) is 6.11. The first-order chi connectivity index (χ1) is 9.75. The molecule has 0 aliphatic carbocycles. The molecule has 1 aliphatic heterocycles. The van der Waals surface area contributed by atoms with Crippen LogP contribution < -0.4 is 10.2 Å². The summed E-state index contributed by atoms with van der Waals surface area (Å²) in [5.74, 6) is 0. The first kappa shape index (κ1) is 13.7. The van der Waals surface area contributed by atoms with Gasteiger partial charge >= 0.3 is 0 Å². The smallest absolute Gasteiger partial charge is 0.0667 e. The third-order valence-electron chi connectivity index (χ3n) is 3.90. The van der Waals surface area contributed by atoms with Gasteiger partial charge in [0, 0.05) is 29.8 Å². The normalized spacial score (nSPS) is 19.1. The van der Waals surface area contributed by atoms with Crippen LogP contribution in [0.15, 0.2) is 53.0 Å². The molecule has 1 atom stereocenters. The molecule has 0 bridgehead atoms. The van der Waals surface area contributed by atoms with Crippen LogP contribution in [0.5, 0.6) is 0 Å². The fourth-order valence-corrected chi connectivity index (χ4v) is 3.04. The summed E-state index contributed by atoms with van der Waals surface area (Å²) in [6, 6.07) is 17.8. The van der Waals surface area contributed by atoms with E-state index in [1.54, 1.807) is 0 Å². The van der Waals surface area contributed by atoms with Crippen molar-refractivity contribution in [2.24, 2.45) is 0 Å². The van der Waals surface area contributed by atoms with Crippen LogP contribution in [0.25, 0.3) is 0 Å². The Kier molecular flexibility index (Phi) is 4.08. The van der Waals surface area contributed by atoms with Crippen LogP contribution in [-0.2, 0) is 0 Å². The minimum Gasteiger partial charge on any atom is -0.362 e. The second kappa shape index (κ2) is 5.98. The van der Waals surface area contributed by atoms with Crippen LogP contribution in [0.1, 0.15) is 17.2 Å². The minimum atomic E-state index is 0.408. The van der Waals surface area contributed by atoms with Gasteiger partial charge in [0.1, 0.15) is 0 Å². The third kappa shape index (κ3) is 2.74. The molecule has 2 aromatic rings. The van der Waals surface area contributed by atoms with Crippen molar-refractivity contribution in [1.29, 1.82) is 0 Å². The minimum absolute atomic E-state index is 0.408. The van der Waals surface area contributed by atoms with Crippen molar-refractivity contribution in [1.82, 2.24) is 5.32 Å². The summed E-state index contributed by atoms with van der Waals surface area (Å²) < 4.78 is 1.17. The quantitative estimate of drug-likeness (QED) is 0.898. The van der Waals surface area contributed by atoms with Crippen molar-refractivity contribution in [3.63, 3.8) is 0 Å². The maximum Gasteiger partial charge on any atom is 0.0667 e. The molecule has 104 valence electrons. The zero-order chi connectivity index (χ0) is 13.9. The van der Waals surface area contributed by atoms with Gasteiger partial charge in [-0.25, -0.2) is 0 Å². The second-order valence-electron chi connectivity index (χ2n) is 5.26. The SMILES string of the molecule is Cc1cc(N2CCNCC2c2ccccc2)ccc1Br. The van der Waals surface area contributed by atoms with E-state index in [4.69, 9.17) is 0 Å². The Hall–Kier alpha value is -1.32. The van der Waals surface area contributed by atoms with Gasteiger partial charge in [-0.3, -0.25) is 0 Å². The molecule has 0 aromatic heterocycles. The van der Waals surface area contributed by atoms with Crippen molar-refractivity contribution in [3.05, 3.63) is 64.1 Å². The summed E-state index contributed by atoms with van der Waals surface area (Å²) >= 11 is 3.58. The van der Waals surface area contributed by atoms with Crippen LogP contribution in [0, 0.1) is 6.92 Å². The Bertz CT molecular complexity index is 583. The number of anilines is 1. The van der Waals surface area contributed by atoms with E-state index in [1.165, 1.54) is 21.3 Å². The predicted octanol–water partition coefficient (Wildman–Crippen LogP) is 3.91. The molecular weight excluding hydrogens is 312 g/mol. The predicted molar refractivity (Wildman–Crippen MR) is 88.3 cm³/mol. The molecule has 1 N–H and O–H groups in total. The van der Waals surface area contributed by atoms with Gasteiger partial charge in [0.2, 0.25) is 0 Å². The molecule has 20 heavy (non-hydrogen) atoms. The molecule has 3 rings (SSSR count). The summed E-state index contributed by atoms with van der Waals surface area (Å²) in [6.45, 7) is 5.23. The first-order valence-electron chi connectivity index (χ1n) is 7.04. The van der Waals surface area contributed by atoms with Gasteiger partial charge in [0.15, 0.2) is 0 Å². The van der Waals surface area contributed by atoms with Crippen molar-refractivity contribution in [2.45, 2.75) is 13.0 Å². The number of halogens is 1. The van der Waals surface area contributed by atoms with E-state index in [1.807, 2.05) is 0 Å². The molecule has 2 nitrogen and oxygen atoms in total. The van der Waals surface area contributed by atoms with E-state index in [0.29, 0.717) is 6.04 Å². The molecule has 1 unspecified atom stereocenters. The van der Waals surface area contributed by atoms with Crippen LogP contribution in [0.2, 0.25) is 0 Å². The standard InChI is InChI=1S/C17H19BrN2/c1-13-11-15(7-8-16(13)18)20-10-9-19-12-17(20)14-5-3-2-4-6-14/h2-8,11,17,19H,9-10,12H2,1H3. The number of rotatable bonds is 2. The lowest BCUT2D eigenvalue weighted by atomic mass is 10.0. The topological polar surface area (TPSA) is 15.3 Å². The maximum absolute atomic E-state index is 3.58. The van der Waals surface area contributed by atoms with Gasteiger partial charge in [0.25, 0.3) is 0 Å². The molecule has 1 saturated heterocycles. The Balaban J connectivity index is 1.94. The van der Waals surface area contributed by atoms with E-state index in [2.05, 4.69) is 81.6 Å². The molecule has 2 aromatic carbocycles. The number of hydrogen-bond acceptors (Lipinski definition) is 2. The van der Waals surface area contributed by atoms with Crippen molar-refractivity contribution < 1.29 is 0 Å². The summed E-state index contributed by atoms with van der Waals surface area (Å²) in [4.78, 5) is 2.51. The fourth-order valence-electron chi connectivity index (χ4n) is 2.79. The number of nitrogens with one attached hydrogen (secondary N) is 1. The summed E-state index contributed by atoms with van der Waals surface area (Å²) in [5, 5.41) is 3.51. The van der Waals surface area contributed by atoms with E-state index >= 15 is 0 Å². The summed E-state index contributed by atoms with van der Waals surface area (Å²) in [5.41, 5.74) is 3.97. The highest BCUT2D eigenvalue weighted by atomic mass is 79.9.